The van der Waals surface area contributed by atoms with Crippen LogP contribution in [0, 0.1) is 0 Å². The van der Waals surface area contributed by atoms with E-state index in [4.69, 9.17) is 23.2 Å². The van der Waals surface area contributed by atoms with Gasteiger partial charge in [-0.1, -0.05) is 53.2 Å². The minimum absolute atomic E-state index is 0.123. The molecule has 1 amide bonds. The standard InChI is InChI=1S/C16H12Cl2N4OS/c17-10-6-7-12(13(18)8-10)15-20-16(22-21-15)24-9-14(23)19-11-4-2-1-3-5-11/h1-8H,9H2,(H,19,23)(H,20,21,22). The van der Waals surface area contributed by atoms with Gasteiger partial charge in [-0.25, -0.2) is 4.98 Å². The number of carbonyl (C=O) groups excluding carboxylic acids is 1. The summed E-state index contributed by atoms with van der Waals surface area (Å²) in [4.78, 5) is 16.3. The van der Waals surface area contributed by atoms with Gasteiger partial charge in [0, 0.05) is 16.3 Å². The fourth-order valence-corrected chi connectivity index (χ4v) is 3.06. The van der Waals surface area contributed by atoms with Crippen LogP contribution in [0.15, 0.2) is 53.7 Å². The summed E-state index contributed by atoms with van der Waals surface area (Å²) < 4.78 is 0. The average Bonchev–Trinajstić information content (AvgIpc) is 3.02. The first-order valence-corrected chi connectivity index (χ1v) is 8.71. The van der Waals surface area contributed by atoms with Crippen LogP contribution in [0.4, 0.5) is 5.69 Å². The molecule has 2 aromatic carbocycles. The minimum atomic E-state index is -0.123. The molecule has 0 saturated heterocycles. The molecule has 0 fully saturated rings. The quantitative estimate of drug-likeness (QED) is 0.640. The predicted octanol–water partition coefficient (Wildman–Crippen LogP) is 4.51. The Morgan fingerprint density at radius 2 is 1.96 bits per heavy atom. The van der Waals surface area contributed by atoms with E-state index in [9.17, 15) is 4.79 Å². The van der Waals surface area contributed by atoms with Crippen molar-refractivity contribution in [2.24, 2.45) is 0 Å². The van der Waals surface area contributed by atoms with Gasteiger partial charge in [0.25, 0.3) is 0 Å². The minimum Gasteiger partial charge on any atom is -0.325 e. The maximum absolute atomic E-state index is 11.9. The first-order chi connectivity index (χ1) is 11.6. The van der Waals surface area contributed by atoms with Crippen molar-refractivity contribution in [3.05, 3.63) is 58.6 Å². The van der Waals surface area contributed by atoms with Crippen LogP contribution in [-0.2, 0) is 4.79 Å². The second kappa shape index (κ2) is 7.70. The number of hydrogen-bond donors (Lipinski definition) is 2. The number of aromatic amines is 1. The van der Waals surface area contributed by atoms with E-state index in [2.05, 4.69) is 20.5 Å². The normalized spacial score (nSPS) is 10.6. The number of amides is 1. The Morgan fingerprint density at radius 1 is 1.17 bits per heavy atom. The molecule has 1 aromatic heterocycles. The van der Waals surface area contributed by atoms with Crippen molar-refractivity contribution in [2.75, 3.05) is 11.1 Å². The highest BCUT2D eigenvalue weighted by molar-refractivity contribution is 7.99. The number of thioether (sulfide) groups is 1. The van der Waals surface area contributed by atoms with Gasteiger partial charge in [0.2, 0.25) is 11.1 Å². The summed E-state index contributed by atoms with van der Waals surface area (Å²) in [5, 5.41) is 11.2. The second-order valence-electron chi connectivity index (χ2n) is 4.79. The molecule has 0 saturated carbocycles. The van der Waals surface area contributed by atoms with Crippen LogP contribution >= 0.6 is 35.0 Å². The van der Waals surface area contributed by atoms with Crippen molar-refractivity contribution in [2.45, 2.75) is 5.16 Å². The number of rotatable bonds is 5. The maximum atomic E-state index is 11.9. The van der Waals surface area contributed by atoms with Crippen LogP contribution in [0.5, 0.6) is 0 Å². The van der Waals surface area contributed by atoms with Crippen LogP contribution in [0.1, 0.15) is 0 Å². The molecule has 24 heavy (non-hydrogen) atoms. The van der Waals surface area contributed by atoms with E-state index in [1.807, 2.05) is 30.3 Å². The van der Waals surface area contributed by atoms with Crippen LogP contribution in [-0.4, -0.2) is 26.8 Å². The molecular weight excluding hydrogens is 367 g/mol. The number of anilines is 1. The summed E-state index contributed by atoms with van der Waals surface area (Å²) >= 11 is 13.3. The molecular formula is C16H12Cl2N4OS. The number of benzene rings is 2. The number of hydrogen-bond acceptors (Lipinski definition) is 4. The van der Waals surface area contributed by atoms with E-state index >= 15 is 0 Å². The van der Waals surface area contributed by atoms with Crippen LogP contribution in [0.25, 0.3) is 11.4 Å². The molecule has 5 nitrogen and oxygen atoms in total. The van der Waals surface area contributed by atoms with Gasteiger partial charge in [-0.3, -0.25) is 9.89 Å². The highest BCUT2D eigenvalue weighted by atomic mass is 35.5. The molecule has 0 atom stereocenters. The lowest BCUT2D eigenvalue weighted by Gasteiger charge is -2.03. The summed E-state index contributed by atoms with van der Waals surface area (Å²) in [6.07, 6.45) is 0. The largest absolute Gasteiger partial charge is 0.325 e. The topological polar surface area (TPSA) is 70.7 Å². The van der Waals surface area contributed by atoms with Crippen molar-refractivity contribution < 1.29 is 4.79 Å². The van der Waals surface area contributed by atoms with E-state index in [-0.39, 0.29) is 11.7 Å². The molecule has 1 heterocycles. The predicted molar refractivity (Wildman–Crippen MR) is 97.6 cm³/mol. The van der Waals surface area contributed by atoms with Gasteiger partial charge in [0.15, 0.2) is 5.82 Å². The number of aromatic nitrogens is 3. The third-order valence-electron chi connectivity index (χ3n) is 3.04. The Kier molecular flexibility index (Phi) is 5.40. The third kappa shape index (κ3) is 4.29. The molecule has 0 bridgehead atoms. The molecule has 0 spiro atoms. The van der Waals surface area contributed by atoms with Gasteiger partial charge in [-0.05, 0) is 30.3 Å². The molecule has 122 valence electrons. The molecule has 0 radical (unpaired) electrons. The smallest absolute Gasteiger partial charge is 0.234 e. The molecule has 0 aliphatic carbocycles. The van der Waals surface area contributed by atoms with Gasteiger partial charge in [-0.15, -0.1) is 5.10 Å². The Bertz CT molecular complexity index is 854. The summed E-state index contributed by atoms with van der Waals surface area (Å²) in [7, 11) is 0. The lowest BCUT2D eigenvalue weighted by atomic mass is 10.2. The highest BCUT2D eigenvalue weighted by Gasteiger charge is 2.11. The monoisotopic (exact) mass is 378 g/mol. The van der Waals surface area contributed by atoms with Gasteiger partial charge < -0.3 is 5.32 Å². The van der Waals surface area contributed by atoms with Gasteiger partial charge in [0.1, 0.15) is 0 Å². The number of para-hydroxylation sites is 1. The van der Waals surface area contributed by atoms with Gasteiger partial charge in [-0.2, -0.15) is 0 Å². The zero-order chi connectivity index (χ0) is 16.9. The summed E-state index contributed by atoms with van der Waals surface area (Å²) in [6, 6.07) is 14.4. The molecule has 0 aliphatic heterocycles. The first-order valence-electron chi connectivity index (χ1n) is 6.97. The summed E-state index contributed by atoms with van der Waals surface area (Å²) in [5.74, 6) is 0.616. The SMILES string of the molecule is O=C(CSc1n[nH]c(-c2ccc(Cl)cc2Cl)n1)Nc1ccccc1. The Hall–Kier alpha value is -2.02. The van der Waals surface area contributed by atoms with Crippen molar-refractivity contribution in [1.29, 1.82) is 0 Å². The van der Waals surface area contributed by atoms with Gasteiger partial charge in [0.05, 0.1) is 10.8 Å². The molecule has 3 rings (SSSR count). The molecule has 0 unspecified atom stereocenters. The number of carbonyl (C=O) groups is 1. The maximum Gasteiger partial charge on any atom is 0.234 e. The van der Waals surface area contributed by atoms with E-state index in [0.717, 1.165) is 5.69 Å². The van der Waals surface area contributed by atoms with E-state index < -0.39 is 0 Å². The molecule has 3 aromatic rings. The van der Waals surface area contributed by atoms with E-state index in [1.54, 1.807) is 18.2 Å². The van der Waals surface area contributed by atoms with Crippen molar-refractivity contribution in [3.63, 3.8) is 0 Å². The highest BCUT2D eigenvalue weighted by Crippen LogP contribution is 2.29. The first kappa shape index (κ1) is 16.8. The van der Waals surface area contributed by atoms with Crippen LogP contribution in [0.3, 0.4) is 0 Å². The number of H-pyrrole nitrogens is 1. The number of halogens is 2. The van der Waals surface area contributed by atoms with Gasteiger partial charge >= 0.3 is 0 Å². The van der Waals surface area contributed by atoms with Crippen molar-refractivity contribution in [1.82, 2.24) is 15.2 Å². The second-order valence-corrected chi connectivity index (χ2v) is 6.58. The zero-order valence-corrected chi connectivity index (χ0v) is 14.6. The molecule has 0 aliphatic rings. The molecule has 2 N–H and O–H groups in total. The number of nitrogens with zero attached hydrogens (tertiary/aromatic N) is 2. The summed E-state index contributed by atoms with van der Waals surface area (Å²) in [5.41, 5.74) is 1.46. The number of nitrogens with one attached hydrogen (secondary N) is 2. The fourth-order valence-electron chi connectivity index (χ4n) is 1.96. The lowest BCUT2D eigenvalue weighted by Crippen LogP contribution is -2.13. The Labute approximate surface area is 152 Å². The van der Waals surface area contributed by atoms with Crippen molar-refractivity contribution in [3.8, 4) is 11.4 Å². The summed E-state index contributed by atoms with van der Waals surface area (Å²) in [6.45, 7) is 0. The fraction of sp³-hybridized carbons (Fsp3) is 0.0625. The lowest BCUT2D eigenvalue weighted by molar-refractivity contribution is -0.113. The van der Waals surface area contributed by atoms with E-state index in [1.165, 1.54) is 11.8 Å². The van der Waals surface area contributed by atoms with Crippen molar-refractivity contribution >= 4 is 46.6 Å². The van der Waals surface area contributed by atoms with Crippen LogP contribution < -0.4 is 5.32 Å². The Balaban J connectivity index is 1.61. The zero-order valence-electron chi connectivity index (χ0n) is 12.3. The molecule has 8 heteroatoms. The van der Waals surface area contributed by atoms with Crippen LogP contribution in [0.2, 0.25) is 10.0 Å². The van der Waals surface area contributed by atoms with E-state index in [0.29, 0.717) is 26.6 Å². The average molecular weight is 379 g/mol. The third-order valence-corrected chi connectivity index (χ3v) is 4.44. The Morgan fingerprint density at radius 3 is 2.71 bits per heavy atom.